The van der Waals surface area contributed by atoms with Crippen LogP contribution in [0.3, 0.4) is 0 Å². The summed E-state index contributed by atoms with van der Waals surface area (Å²) >= 11 is 9.61. The van der Waals surface area contributed by atoms with Crippen molar-refractivity contribution in [3.8, 4) is 23.0 Å². The second kappa shape index (κ2) is 16.1. The summed E-state index contributed by atoms with van der Waals surface area (Å²) in [5.41, 5.74) is -0.723. The van der Waals surface area contributed by atoms with Crippen LogP contribution in [0.25, 0.3) is 22.0 Å². The summed E-state index contributed by atoms with van der Waals surface area (Å²) < 4.78 is 121. The number of thioether (sulfide) groups is 1. The van der Waals surface area contributed by atoms with Gasteiger partial charge in [0.25, 0.3) is 18.8 Å². The molecule has 3 atom stereocenters. The van der Waals surface area contributed by atoms with E-state index >= 15 is 8.78 Å². The number of carbonyl (C=O) groups excluding carboxylic acids is 1. The number of fused-ring (bicyclic) bond motifs is 4. The Labute approximate surface area is 352 Å². The number of nitrogens with one attached hydrogen (secondary N) is 2. The molecule has 60 heavy (non-hydrogen) atoms. The lowest BCUT2D eigenvalue weighted by Crippen LogP contribution is -2.35. The van der Waals surface area contributed by atoms with Gasteiger partial charge in [-0.2, -0.15) is 19.0 Å². The van der Waals surface area contributed by atoms with Crippen LogP contribution in [0, 0.1) is 29.4 Å². The summed E-state index contributed by atoms with van der Waals surface area (Å²) in [6.07, 6.45) is -2.50. The molecule has 1 amide bonds. The zero-order valence-electron chi connectivity index (χ0n) is 32.1. The summed E-state index contributed by atoms with van der Waals surface area (Å²) in [4.78, 5) is 18.9. The summed E-state index contributed by atoms with van der Waals surface area (Å²) in [6.45, 7) is 2.05. The number of pyridine rings is 1. The third-order valence-corrected chi connectivity index (χ3v) is 13.3. The molecule has 8 rings (SSSR count). The normalized spacial score (nSPS) is 18.4. The van der Waals surface area contributed by atoms with E-state index in [0.717, 1.165) is 29.7 Å². The summed E-state index contributed by atoms with van der Waals surface area (Å²) in [5.74, 6) is -1.86. The molecule has 3 heterocycles. The van der Waals surface area contributed by atoms with Crippen molar-refractivity contribution < 1.29 is 39.9 Å². The Kier molecular flexibility index (Phi) is 11.3. The van der Waals surface area contributed by atoms with Crippen molar-refractivity contribution in [3.05, 3.63) is 93.0 Å². The minimum atomic E-state index is -3.50. The Bertz CT molecular complexity index is 2550. The zero-order valence-corrected chi connectivity index (χ0v) is 34.5. The number of carbonyl (C=O) groups is 1. The Balaban J connectivity index is 1.28. The lowest BCUT2D eigenvalue weighted by molar-refractivity contribution is -0.123. The lowest BCUT2D eigenvalue weighted by atomic mass is 9.93. The van der Waals surface area contributed by atoms with Crippen molar-refractivity contribution in [2.75, 3.05) is 11.0 Å². The fraction of sp³-hybridized carbons (Fsp3) is 0.415. The maximum atomic E-state index is 15.5. The average Bonchev–Trinajstić information content (AvgIpc) is 4.09. The van der Waals surface area contributed by atoms with Gasteiger partial charge in [0, 0.05) is 33.9 Å². The highest BCUT2D eigenvalue weighted by Crippen LogP contribution is 2.68. The second-order valence-electron chi connectivity index (χ2n) is 15.5. The van der Waals surface area contributed by atoms with Crippen LogP contribution in [0.15, 0.2) is 42.5 Å². The van der Waals surface area contributed by atoms with Crippen LogP contribution in [0.2, 0.25) is 5.02 Å². The summed E-state index contributed by atoms with van der Waals surface area (Å²) in [5, 5.41) is 11.8. The van der Waals surface area contributed by atoms with E-state index in [2.05, 4.69) is 32.1 Å². The number of rotatable bonds is 14. The number of nitrogens with zero attached hydrogens (tertiary/aromatic N) is 5. The first-order chi connectivity index (χ1) is 28.4. The Hall–Kier alpha value is -4.47. The van der Waals surface area contributed by atoms with E-state index in [9.17, 15) is 31.1 Å². The molecular formula is C41H36ClF8N7OS2. The van der Waals surface area contributed by atoms with E-state index in [1.54, 1.807) is 24.3 Å². The number of benzene rings is 2. The molecule has 2 fully saturated rings. The number of hydrogen-bond acceptors (Lipinski definition) is 7. The zero-order chi connectivity index (χ0) is 42.8. The van der Waals surface area contributed by atoms with Crippen LogP contribution < -0.4 is 10.0 Å². The van der Waals surface area contributed by atoms with Gasteiger partial charge in [-0.3, -0.25) is 14.2 Å². The summed E-state index contributed by atoms with van der Waals surface area (Å²) in [7, 11) is 0. The van der Waals surface area contributed by atoms with E-state index in [1.807, 2.05) is 20.1 Å². The van der Waals surface area contributed by atoms with Crippen LogP contribution >= 0.6 is 35.3 Å². The molecule has 0 aliphatic heterocycles. The van der Waals surface area contributed by atoms with Crippen molar-refractivity contribution >= 4 is 57.9 Å². The number of amides is 1. The fourth-order valence-electron chi connectivity index (χ4n) is 7.59. The Morgan fingerprint density at radius 1 is 1.02 bits per heavy atom. The van der Waals surface area contributed by atoms with Crippen molar-refractivity contribution in [2.24, 2.45) is 5.92 Å². The third kappa shape index (κ3) is 8.41. The molecule has 3 aliphatic carbocycles. The molecule has 0 radical (unpaired) electrons. The lowest BCUT2D eigenvalue weighted by Gasteiger charge is -2.23. The van der Waals surface area contributed by atoms with Crippen LogP contribution in [0.5, 0.6) is 0 Å². The standard InChI is InChI=1S/C41H36ClF8N7OS2/c1-40(2,59-3)11-10-22-4-7-24(25-8-9-28(42)33-36(25)56(17-30(45)46)54-39(33)55-60-23-5-6-23)34(51-22)29(14-19-12-20(43)15-21(44)13-19)52-31(58)18-57-37-32(35(53-57)38(47)48)26-16-27(26)41(37,49)50/h4,7-9,12-13,15,23,26-27,29-30,38H,5-6,14,16-18H2,1-3H3,(H,52,58)(H,54,55). The fourth-order valence-corrected chi connectivity index (χ4v) is 8.78. The molecule has 0 saturated heterocycles. The molecule has 3 unspecified atom stereocenters. The molecule has 0 spiro atoms. The number of alkyl halides is 6. The molecule has 5 aromatic rings. The maximum Gasteiger partial charge on any atom is 0.293 e. The Morgan fingerprint density at radius 2 is 1.73 bits per heavy atom. The van der Waals surface area contributed by atoms with Gasteiger partial charge in [-0.1, -0.05) is 23.6 Å². The van der Waals surface area contributed by atoms with Gasteiger partial charge < -0.3 is 10.0 Å². The smallest absolute Gasteiger partial charge is 0.293 e. The van der Waals surface area contributed by atoms with Crippen molar-refractivity contribution in [3.63, 3.8) is 0 Å². The van der Waals surface area contributed by atoms with Gasteiger partial charge in [-0.05, 0) is 105 Å². The van der Waals surface area contributed by atoms with E-state index < -0.39 is 83.4 Å². The van der Waals surface area contributed by atoms with Gasteiger partial charge >= 0.3 is 0 Å². The van der Waals surface area contributed by atoms with Gasteiger partial charge in [-0.25, -0.2) is 31.3 Å². The highest BCUT2D eigenvalue weighted by molar-refractivity contribution is 8.01. The monoisotopic (exact) mass is 893 g/mol. The highest BCUT2D eigenvalue weighted by atomic mass is 35.5. The SMILES string of the molecule is CSC(C)(C)C#Cc1ccc(-c2ccc(Cl)c3c(NSC4CC4)nn(CC(F)F)c23)c(C(Cc2cc(F)cc(F)c2)NC(=O)Cn2nc(C(F)F)c3c2C(F)(F)C2CC32)n1. The van der Waals surface area contributed by atoms with Crippen LogP contribution in [-0.4, -0.2) is 53.1 Å². The number of anilines is 1. The van der Waals surface area contributed by atoms with Gasteiger partial charge in [0.2, 0.25) is 5.91 Å². The number of halogens is 9. The van der Waals surface area contributed by atoms with E-state index in [0.29, 0.717) is 26.9 Å². The second-order valence-corrected chi connectivity index (χ2v) is 18.5. The van der Waals surface area contributed by atoms with Gasteiger partial charge in [-0.15, -0.1) is 11.8 Å². The molecular weight excluding hydrogens is 858 g/mol. The summed E-state index contributed by atoms with van der Waals surface area (Å²) in [6, 6.07) is 7.77. The minimum Gasteiger partial charge on any atom is -0.346 e. The predicted molar refractivity (Wildman–Crippen MR) is 216 cm³/mol. The average molecular weight is 894 g/mol. The quantitative estimate of drug-likeness (QED) is 0.0652. The van der Waals surface area contributed by atoms with Crippen LogP contribution in [0.4, 0.5) is 40.9 Å². The van der Waals surface area contributed by atoms with E-state index in [1.165, 1.54) is 23.7 Å². The first kappa shape index (κ1) is 42.2. The number of aromatic nitrogens is 5. The van der Waals surface area contributed by atoms with Crippen LogP contribution in [0.1, 0.15) is 85.4 Å². The largest absolute Gasteiger partial charge is 0.346 e. The molecule has 3 aliphatic rings. The maximum absolute atomic E-state index is 15.5. The topological polar surface area (TPSA) is 89.7 Å². The molecule has 2 saturated carbocycles. The van der Waals surface area contributed by atoms with Gasteiger partial charge in [0.05, 0.1) is 32.4 Å². The highest BCUT2D eigenvalue weighted by Gasteiger charge is 2.67. The first-order valence-corrected chi connectivity index (χ1v) is 21.4. The molecule has 0 bridgehead atoms. The third-order valence-electron chi connectivity index (χ3n) is 10.7. The van der Waals surface area contributed by atoms with E-state index in [-0.39, 0.29) is 57.3 Å². The van der Waals surface area contributed by atoms with Gasteiger partial charge in [0.15, 0.2) is 5.82 Å². The molecule has 2 N–H and O–H groups in total. The molecule has 316 valence electrons. The molecule has 2 aromatic carbocycles. The first-order valence-electron chi connectivity index (χ1n) is 18.9. The van der Waals surface area contributed by atoms with Crippen molar-refractivity contribution in [1.82, 2.24) is 29.9 Å². The predicted octanol–water partition coefficient (Wildman–Crippen LogP) is 10.5. The van der Waals surface area contributed by atoms with Crippen LogP contribution in [-0.2, 0) is 30.2 Å². The molecule has 8 nitrogen and oxygen atoms in total. The van der Waals surface area contributed by atoms with Gasteiger partial charge in [0.1, 0.15) is 41.8 Å². The number of hydrogen-bond donors (Lipinski definition) is 2. The molecule has 19 heteroatoms. The molecule has 3 aromatic heterocycles. The minimum absolute atomic E-state index is 0.0246. The van der Waals surface area contributed by atoms with E-state index in [4.69, 9.17) is 16.6 Å². The van der Waals surface area contributed by atoms with Crippen molar-refractivity contribution in [2.45, 2.75) is 93.4 Å². The Morgan fingerprint density at radius 3 is 2.40 bits per heavy atom. The van der Waals surface area contributed by atoms with Crippen molar-refractivity contribution in [1.29, 1.82) is 0 Å².